The lowest BCUT2D eigenvalue weighted by atomic mass is 9.98. The van der Waals surface area contributed by atoms with E-state index in [0.717, 1.165) is 112 Å². The van der Waals surface area contributed by atoms with Crippen molar-refractivity contribution in [2.45, 2.75) is 19.3 Å². The maximum Gasteiger partial charge on any atom is 0.221 e. The summed E-state index contributed by atoms with van der Waals surface area (Å²) >= 11 is 6.84. The Morgan fingerprint density at radius 3 is 2.00 bits per heavy atom. The van der Waals surface area contributed by atoms with Crippen LogP contribution in [-0.2, 0) is 11.2 Å². The number of pyridine rings is 2. The van der Waals surface area contributed by atoms with Gasteiger partial charge in [-0.25, -0.2) is 24.9 Å². The number of hydrogen-bond acceptors (Lipinski definition) is 10. The molecule has 2 aromatic carbocycles. The fourth-order valence-corrected chi connectivity index (χ4v) is 6.90. The van der Waals surface area contributed by atoms with Gasteiger partial charge in [0.25, 0.3) is 0 Å². The number of imidazole rings is 3. The van der Waals surface area contributed by atoms with Crippen LogP contribution in [-0.4, -0.2) is 96.6 Å². The average Bonchev–Trinajstić information content (AvgIpc) is 3.97. The van der Waals surface area contributed by atoms with Gasteiger partial charge >= 0.3 is 0 Å². The molecule has 0 bridgehead atoms. The van der Waals surface area contributed by atoms with Crippen molar-refractivity contribution in [3.63, 3.8) is 0 Å². The number of aromatic amines is 3. The first-order valence-corrected chi connectivity index (χ1v) is 19.6. The van der Waals surface area contributed by atoms with Crippen molar-refractivity contribution in [3.05, 3.63) is 100 Å². The first kappa shape index (κ1) is 38.1. The van der Waals surface area contributed by atoms with Crippen molar-refractivity contribution in [1.29, 1.82) is 0 Å². The highest BCUT2D eigenvalue weighted by Gasteiger charge is 2.23. The lowest BCUT2D eigenvalue weighted by Crippen LogP contribution is -2.42. The second-order valence-corrected chi connectivity index (χ2v) is 14.9. The van der Waals surface area contributed by atoms with Gasteiger partial charge in [-0.15, -0.1) is 0 Å². The molecule has 16 heteroatoms. The maximum atomic E-state index is 11.4. The molecule has 0 spiro atoms. The summed E-state index contributed by atoms with van der Waals surface area (Å²) in [5.74, 6) is 2.98. The predicted molar refractivity (Wildman–Crippen MR) is 219 cm³/mol. The van der Waals surface area contributed by atoms with Crippen LogP contribution in [0.3, 0.4) is 0 Å². The first-order valence-electron chi connectivity index (χ1n) is 18.0. The zero-order valence-electron chi connectivity index (χ0n) is 30.0. The van der Waals surface area contributed by atoms with Crippen molar-refractivity contribution >= 4 is 60.1 Å². The molecule has 1 aliphatic heterocycles. The quantitative estimate of drug-likeness (QED) is 0.0778. The number of carbonyl (C=O) groups is 1. The van der Waals surface area contributed by atoms with Crippen molar-refractivity contribution < 1.29 is 14.3 Å². The van der Waals surface area contributed by atoms with Crippen LogP contribution >= 0.6 is 31.9 Å². The number of nitrogens with zero attached hydrogens (tertiary/aromatic N) is 6. The van der Waals surface area contributed by atoms with Gasteiger partial charge in [0.15, 0.2) is 11.3 Å². The molecular weight excluding hydrogens is 830 g/mol. The minimum absolute atomic E-state index is 0.0352. The number of nitrogens with two attached hydrogens (primary N) is 1. The number of fused-ring (bicyclic) bond motifs is 2. The molecule has 1 saturated heterocycles. The molecule has 6 N–H and O–H groups in total. The number of amides is 1. The van der Waals surface area contributed by atoms with Gasteiger partial charge in [-0.2, -0.15) is 0 Å². The average molecular weight is 872 g/mol. The van der Waals surface area contributed by atoms with Gasteiger partial charge in [-0.3, -0.25) is 9.69 Å². The predicted octanol–water partition coefficient (Wildman–Crippen LogP) is 6.29. The van der Waals surface area contributed by atoms with Crippen LogP contribution in [0.2, 0.25) is 0 Å². The molecule has 1 fully saturated rings. The Hall–Kier alpha value is -5.16. The maximum absolute atomic E-state index is 11.4. The van der Waals surface area contributed by atoms with Crippen molar-refractivity contribution in [1.82, 2.24) is 50.1 Å². The van der Waals surface area contributed by atoms with E-state index >= 15 is 0 Å². The van der Waals surface area contributed by atoms with Crippen LogP contribution in [0.15, 0.2) is 94.5 Å². The number of rotatable bonds is 14. The number of piperidine rings is 1. The minimum atomic E-state index is -0.200. The molecule has 55 heavy (non-hydrogen) atoms. The number of halogens is 2. The molecule has 1 atom stereocenters. The molecule has 7 aromatic rings. The first-order chi connectivity index (χ1) is 26.9. The second-order valence-electron chi connectivity index (χ2n) is 13.1. The van der Waals surface area contributed by atoms with Crippen LogP contribution < -0.4 is 20.5 Å². The molecule has 1 unspecified atom stereocenters. The molecule has 0 saturated carbocycles. The van der Waals surface area contributed by atoms with Crippen LogP contribution in [0, 0.1) is 5.92 Å². The zero-order valence-corrected chi connectivity index (χ0v) is 33.1. The third kappa shape index (κ3) is 10.5. The van der Waals surface area contributed by atoms with E-state index in [2.05, 4.69) is 81.9 Å². The smallest absolute Gasteiger partial charge is 0.221 e. The number of benzene rings is 2. The monoisotopic (exact) mass is 869 g/mol. The van der Waals surface area contributed by atoms with E-state index in [9.17, 15) is 4.79 Å². The Kier molecular flexibility index (Phi) is 12.8. The van der Waals surface area contributed by atoms with Crippen LogP contribution in [0.25, 0.3) is 45.1 Å². The summed E-state index contributed by atoms with van der Waals surface area (Å²) in [6, 6.07) is 19.7. The van der Waals surface area contributed by atoms with Crippen molar-refractivity contribution in [3.8, 4) is 34.3 Å². The summed E-state index contributed by atoms with van der Waals surface area (Å²) in [7, 11) is 0. The van der Waals surface area contributed by atoms with Gasteiger partial charge in [0.05, 0.1) is 23.3 Å². The van der Waals surface area contributed by atoms with E-state index in [1.807, 2.05) is 66.9 Å². The van der Waals surface area contributed by atoms with Gasteiger partial charge in [-0.1, -0.05) is 0 Å². The van der Waals surface area contributed by atoms with E-state index in [1.54, 1.807) is 18.7 Å². The normalized spacial score (nSPS) is 14.5. The fraction of sp³-hybridized carbons (Fsp3) is 0.282. The van der Waals surface area contributed by atoms with Crippen LogP contribution in [0.4, 0.5) is 0 Å². The van der Waals surface area contributed by atoms with Crippen LogP contribution in [0.1, 0.15) is 18.5 Å². The molecule has 14 nitrogen and oxygen atoms in total. The standard InChI is InChI=1S/C20H22BrN5O2.C19H19BrN6O/c21-15-10-17-20(23-11-15)25-19(24-17)13-3-5-16(6-4-13)28-9-8-26-7-1-2-14(12-26)18(22)27;20-14-9-17-19(23-10-14)26-18(25-17)13-1-3-16(4-2-13)27-8-7-21-6-5-15-11-22-12-24-15/h3-6,10-11,14H,1-2,7-9,12H2,(H2,22,27)(H,23,24,25);1-4,9-12,21H,5-8H2,(H,22,24)(H,23,25,26). The molecule has 5 aromatic heterocycles. The molecule has 0 radical (unpaired) electrons. The number of nitrogens with one attached hydrogen (secondary N) is 4. The Labute approximate surface area is 334 Å². The summed E-state index contributed by atoms with van der Waals surface area (Å²) in [6.45, 7) is 5.38. The van der Waals surface area contributed by atoms with E-state index < -0.39 is 0 Å². The van der Waals surface area contributed by atoms with Crippen molar-refractivity contribution in [2.24, 2.45) is 11.7 Å². The van der Waals surface area contributed by atoms with Crippen LogP contribution in [0.5, 0.6) is 11.5 Å². The third-order valence-corrected chi connectivity index (χ3v) is 9.99. The summed E-state index contributed by atoms with van der Waals surface area (Å²) < 4.78 is 13.5. The SMILES string of the molecule is Brc1cnc2nc(-c3ccc(OCCNCCc4cnc[nH]4)cc3)[nH]c2c1.NC(=O)C1CCCN(CCOc2ccc(-c3nc4ncc(Br)cc4[nH]3)cc2)C1. The number of hydrogen-bond donors (Lipinski definition) is 5. The van der Waals surface area contributed by atoms with E-state index in [1.165, 1.54) is 0 Å². The molecule has 1 aliphatic rings. The Morgan fingerprint density at radius 1 is 0.836 bits per heavy atom. The van der Waals surface area contributed by atoms with Gasteiger partial charge < -0.3 is 35.5 Å². The Morgan fingerprint density at radius 2 is 1.44 bits per heavy atom. The number of ether oxygens (including phenoxy) is 2. The number of carbonyl (C=O) groups excluding carboxylic acids is 1. The highest BCUT2D eigenvalue weighted by atomic mass is 79.9. The Balaban J connectivity index is 0.000000169. The summed E-state index contributed by atoms with van der Waals surface area (Å²) in [6.07, 6.45) is 9.84. The highest BCUT2D eigenvalue weighted by Crippen LogP contribution is 2.25. The molecule has 284 valence electrons. The number of H-pyrrole nitrogens is 3. The molecule has 8 rings (SSSR count). The van der Waals surface area contributed by atoms with Crippen molar-refractivity contribution in [2.75, 3.05) is 45.9 Å². The van der Waals surface area contributed by atoms with Gasteiger partial charge in [0.2, 0.25) is 5.91 Å². The largest absolute Gasteiger partial charge is 0.492 e. The second kappa shape index (κ2) is 18.4. The lowest BCUT2D eigenvalue weighted by molar-refractivity contribution is -0.123. The number of primary amides is 1. The summed E-state index contributed by atoms with van der Waals surface area (Å²) in [5.41, 5.74) is 11.7. The van der Waals surface area contributed by atoms with Gasteiger partial charge in [0, 0.05) is 77.0 Å². The molecule has 1 amide bonds. The lowest BCUT2D eigenvalue weighted by Gasteiger charge is -2.30. The van der Waals surface area contributed by atoms with E-state index in [4.69, 9.17) is 15.2 Å². The minimum Gasteiger partial charge on any atom is -0.492 e. The zero-order chi connectivity index (χ0) is 38.0. The van der Waals surface area contributed by atoms with E-state index in [0.29, 0.717) is 24.5 Å². The topological polar surface area (TPSA) is 189 Å². The number of likely N-dealkylation sites (tertiary alicyclic amines) is 1. The third-order valence-electron chi connectivity index (χ3n) is 9.12. The Bertz CT molecular complexity index is 2290. The summed E-state index contributed by atoms with van der Waals surface area (Å²) in [4.78, 5) is 44.9. The number of aromatic nitrogens is 8. The van der Waals surface area contributed by atoms with Gasteiger partial charge in [-0.05, 0) is 112 Å². The molecular formula is C39H41Br2N11O3. The highest BCUT2D eigenvalue weighted by molar-refractivity contribution is 9.10. The van der Waals surface area contributed by atoms with Gasteiger partial charge in [0.1, 0.15) is 36.4 Å². The molecule has 0 aliphatic carbocycles. The van der Waals surface area contributed by atoms with E-state index in [-0.39, 0.29) is 11.8 Å². The fourth-order valence-electron chi connectivity index (χ4n) is 6.23. The molecule has 6 heterocycles. The summed E-state index contributed by atoms with van der Waals surface area (Å²) in [5, 5.41) is 3.35.